The van der Waals surface area contributed by atoms with E-state index in [0.717, 1.165) is 38.3 Å². The molecule has 1 atom stereocenters. The summed E-state index contributed by atoms with van der Waals surface area (Å²) < 4.78 is 4.73. The largest absolute Gasteiger partial charge is 0.343 e. The Bertz CT molecular complexity index is 512. The molecule has 5 heteroatoms. The van der Waals surface area contributed by atoms with Crippen molar-refractivity contribution < 1.29 is 4.52 Å². The Balaban J connectivity index is 1.63. The lowest BCUT2D eigenvalue weighted by atomic mass is 9.99. The van der Waals surface area contributed by atoms with Crippen LogP contribution in [0.2, 0.25) is 0 Å². The number of benzene rings is 1. The number of nitrogens with zero attached hydrogens (tertiary/aromatic N) is 2. The van der Waals surface area contributed by atoms with Gasteiger partial charge in [-0.1, -0.05) is 29.4 Å². The lowest BCUT2D eigenvalue weighted by Crippen LogP contribution is -2.25. The molecule has 100 valence electrons. The van der Waals surface area contributed by atoms with Gasteiger partial charge in [0.25, 0.3) is 0 Å². The van der Waals surface area contributed by atoms with E-state index in [1.54, 1.807) is 0 Å². The van der Waals surface area contributed by atoms with E-state index in [1.807, 2.05) is 0 Å². The molecule has 0 aliphatic carbocycles. The van der Waals surface area contributed by atoms with E-state index in [9.17, 15) is 0 Å². The predicted molar refractivity (Wildman–Crippen MR) is 71.5 cm³/mol. The molecule has 0 saturated carbocycles. The van der Waals surface area contributed by atoms with Crippen LogP contribution in [0, 0.1) is 0 Å². The Labute approximate surface area is 112 Å². The van der Waals surface area contributed by atoms with Gasteiger partial charge in [-0.3, -0.25) is 0 Å². The van der Waals surface area contributed by atoms with Crippen LogP contribution in [0.4, 0.5) is 0 Å². The molecule has 0 saturated heterocycles. The topological polar surface area (TPSA) is 63.0 Å². The third-order valence-corrected chi connectivity index (χ3v) is 3.50. The summed E-state index contributed by atoms with van der Waals surface area (Å²) in [5.74, 6) is 0.757. The van der Waals surface area contributed by atoms with Crippen molar-refractivity contribution in [2.75, 3.05) is 13.1 Å². The second-order valence-electron chi connectivity index (χ2n) is 4.77. The van der Waals surface area contributed by atoms with Crippen molar-refractivity contribution in [3.63, 3.8) is 0 Å². The summed E-state index contributed by atoms with van der Waals surface area (Å²) in [6.45, 7) is 2.85. The summed E-state index contributed by atoms with van der Waals surface area (Å²) in [5.41, 5.74) is 2.79. The Kier molecular flexibility index (Phi) is 3.86. The van der Waals surface area contributed by atoms with Crippen molar-refractivity contribution >= 4 is 0 Å². The number of hydrogen-bond acceptors (Lipinski definition) is 5. The molecule has 0 fully saturated rings. The van der Waals surface area contributed by atoms with Gasteiger partial charge in [-0.2, -0.15) is 4.98 Å². The molecule has 3 rings (SSSR count). The zero-order valence-electron chi connectivity index (χ0n) is 10.8. The Morgan fingerprint density at radius 2 is 2.32 bits per heavy atom. The molecular formula is C14H18N4O. The normalized spacial score (nSPS) is 18.8. The van der Waals surface area contributed by atoms with Crippen LogP contribution in [-0.4, -0.2) is 23.2 Å². The van der Waals surface area contributed by atoms with Crippen LogP contribution < -0.4 is 10.6 Å². The fraction of sp³-hybridized carbons (Fsp3) is 0.429. The predicted octanol–water partition coefficient (Wildman–Crippen LogP) is 1.44. The summed E-state index contributed by atoms with van der Waals surface area (Å²) in [6, 6.07) is 9.02. The molecule has 0 radical (unpaired) electrons. The summed E-state index contributed by atoms with van der Waals surface area (Å²) in [5, 5.41) is 10.9. The summed E-state index contributed by atoms with van der Waals surface area (Å²) >= 11 is 0. The minimum absolute atomic E-state index is 0.401. The molecule has 2 N–H and O–H groups in total. The average Bonchev–Trinajstić information content (AvgIpc) is 2.87. The standard InChI is InChI=1S/C14H18N4O/c1-2-4-12-11(3-1)9-15-7-5-13(12)16-8-6-14-17-10-19-18-14/h1-4,10,13,15-16H,5-9H2. The molecule has 2 aromatic rings. The van der Waals surface area contributed by atoms with Crippen LogP contribution in [-0.2, 0) is 13.0 Å². The highest BCUT2D eigenvalue weighted by molar-refractivity contribution is 5.30. The van der Waals surface area contributed by atoms with Crippen molar-refractivity contribution in [3.05, 3.63) is 47.6 Å². The SMILES string of the molecule is c1ccc2c(c1)CNCCC2NCCc1ncon1. The number of fused-ring (bicyclic) bond motifs is 1. The zero-order chi connectivity index (χ0) is 12.9. The van der Waals surface area contributed by atoms with Crippen LogP contribution in [0.25, 0.3) is 0 Å². The Morgan fingerprint density at radius 1 is 1.37 bits per heavy atom. The third kappa shape index (κ3) is 3.00. The van der Waals surface area contributed by atoms with Crippen LogP contribution >= 0.6 is 0 Å². The van der Waals surface area contributed by atoms with Crippen LogP contribution in [0.15, 0.2) is 35.2 Å². The lowest BCUT2D eigenvalue weighted by Gasteiger charge is -2.18. The molecular weight excluding hydrogens is 240 g/mol. The minimum Gasteiger partial charge on any atom is -0.343 e. The summed E-state index contributed by atoms with van der Waals surface area (Å²) in [6.07, 6.45) is 3.27. The van der Waals surface area contributed by atoms with E-state index in [-0.39, 0.29) is 0 Å². The third-order valence-electron chi connectivity index (χ3n) is 3.50. The number of aromatic nitrogens is 2. The zero-order valence-corrected chi connectivity index (χ0v) is 10.8. The van der Waals surface area contributed by atoms with Crippen molar-refractivity contribution in [2.24, 2.45) is 0 Å². The van der Waals surface area contributed by atoms with E-state index in [4.69, 9.17) is 4.52 Å². The first-order chi connectivity index (χ1) is 9.43. The second-order valence-corrected chi connectivity index (χ2v) is 4.77. The van der Waals surface area contributed by atoms with E-state index in [1.165, 1.54) is 17.5 Å². The Morgan fingerprint density at radius 3 is 3.21 bits per heavy atom. The maximum atomic E-state index is 4.73. The van der Waals surface area contributed by atoms with E-state index < -0.39 is 0 Å². The van der Waals surface area contributed by atoms with Crippen molar-refractivity contribution in [1.29, 1.82) is 0 Å². The first kappa shape index (κ1) is 12.3. The molecule has 0 spiro atoms. The van der Waals surface area contributed by atoms with Gasteiger partial charge >= 0.3 is 0 Å². The fourth-order valence-corrected chi connectivity index (χ4v) is 2.53. The van der Waals surface area contributed by atoms with Gasteiger partial charge in [0.15, 0.2) is 5.82 Å². The van der Waals surface area contributed by atoms with E-state index in [0.29, 0.717) is 6.04 Å². The molecule has 5 nitrogen and oxygen atoms in total. The molecule has 1 aromatic carbocycles. The van der Waals surface area contributed by atoms with Gasteiger partial charge in [-0.25, -0.2) is 0 Å². The first-order valence-electron chi connectivity index (χ1n) is 6.70. The molecule has 0 bridgehead atoms. The molecule has 19 heavy (non-hydrogen) atoms. The maximum Gasteiger partial charge on any atom is 0.213 e. The second kappa shape index (κ2) is 5.95. The molecule has 1 aliphatic heterocycles. The minimum atomic E-state index is 0.401. The summed E-state index contributed by atoms with van der Waals surface area (Å²) in [4.78, 5) is 4.03. The highest BCUT2D eigenvalue weighted by atomic mass is 16.5. The van der Waals surface area contributed by atoms with Gasteiger partial charge in [-0.15, -0.1) is 0 Å². The Hall–Kier alpha value is -1.72. The van der Waals surface area contributed by atoms with E-state index >= 15 is 0 Å². The number of nitrogens with one attached hydrogen (secondary N) is 2. The van der Waals surface area contributed by atoms with Crippen LogP contribution in [0.3, 0.4) is 0 Å². The van der Waals surface area contributed by atoms with Gasteiger partial charge in [-0.05, 0) is 24.1 Å². The van der Waals surface area contributed by atoms with Crippen LogP contribution in [0.1, 0.15) is 29.4 Å². The van der Waals surface area contributed by atoms with Gasteiger partial charge in [0.2, 0.25) is 6.39 Å². The first-order valence-corrected chi connectivity index (χ1v) is 6.70. The molecule has 2 heterocycles. The summed E-state index contributed by atoms with van der Waals surface area (Å²) in [7, 11) is 0. The monoisotopic (exact) mass is 258 g/mol. The van der Waals surface area contributed by atoms with E-state index in [2.05, 4.69) is 45.0 Å². The maximum absolute atomic E-state index is 4.73. The molecule has 1 aliphatic rings. The molecule has 1 unspecified atom stereocenters. The van der Waals surface area contributed by atoms with Gasteiger partial charge in [0, 0.05) is 25.6 Å². The highest BCUT2D eigenvalue weighted by Gasteiger charge is 2.17. The fourth-order valence-electron chi connectivity index (χ4n) is 2.53. The van der Waals surface area contributed by atoms with Crippen molar-refractivity contribution in [2.45, 2.75) is 25.4 Å². The quantitative estimate of drug-likeness (QED) is 0.868. The smallest absolute Gasteiger partial charge is 0.213 e. The average molecular weight is 258 g/mol. The number of hydrogen-bond donors (Lipinski definition) is 2. The van der Waals surface area contributed by atoms with Crippen LogP contribution in [0.5, 0.6) is 0 Å². The van der Waals surface area contributed by atoms with Gasteiger partial charge in [0.05, 0.1) is 0 Å². The van der Waals surface area contributed by atoms with Crippen molar-refractivity contribution in [1.82, 2.24) is 20.8 Å². The van der Waals surface area contributed by atoms with Gasteiger partial charge in [0.1, 0.15) is 0 Å². The van der Waals surface area contributed by atoms with Gasteiger partial charge < -0.3 is 15.2 Å². The number of rotatable bonds is 4. The van der Waals surface area contributed by atoms with Crippen molar-refractivity contribution in [3.8, 4) is 0 Å². The molecule has 0 amide bonds. The lowest BCUT2D eigenvalue weighted by molar-refractivity contribution is 0.407. The highest BCUT2D eigenvalue weighted by Crippen LogP contribution is 2.23. The molecule has 1 aromatic heterocycles.